The van der Waals surface area contributed by atoms with E-state index in [1.165, 1.54) is 50.3 Å². The number of oxazole rings is 1. The molecule has 4 bridgehead atoms. The lowest BCUT2D eigenvalue weighted by atomic mass is 9.53. The molecule has 4 aliphatic rings. The molecule has 25 heavy (non-hydrogen) atoms. The summed E-state index contributed by atoms with van der Waals surface area (Å²) in [6.45, 7) is 0. The van der Waals surface area contributed by atoms with Gasteiger partial charge in [-0.1, -0.05) is 23.4 Å². The van der Waals surface area contributed by atoms with Gasteiger partial charge in [0.05, 0.1) is 5.75 Å². The molecule has 4 aliphatic carbocycles. The molecule has 132 valence electrons. The lowest BCUT2D eigenvalue weighted by Crippen LogP contribution is -2.60. The number of hydrogen-bond acceptors (Lipinski definition) is 4. The van der Waals surface area contributed by atoms with Gasteiger partial charge < -0.3 is 9.73 Å². The Labute approximate surface area is 156 Å². The summed E-state index contributed by atoms with van der Waals surface area (Å²) in [5.74, 6) is 2.96. The zero-order chi connectivity index (χ0) is 17.0. The van der Waals surface area contributed by atoms with Gasteiger partial charge in [-0.3, -0.25) is 4.79 Å². The van der Waals surface area contributed by atoms with E-state index in [-0.39, 0.29) is 11.4 Å². The van der Waals surface area contributed by atoms with Crippen LogP contribution in [0.2, 0.25) is 5.02 Å². The Balaban J connectivity index is 1.23. The molecule has 0 spiro atoms. The average molecular weight is 377 g/mol. The predicted molar refractivity (Wildman–Crippen MR) is 98.8 cm³/mol. The number of rotatable bonds is 4. The van der Waals surface area contributed by atoms with E-state index in [9.17, 15) is 4.79 Å². The van der Waals surface area contributed by atoms with Crippen molar-refractivity contribution in [2.75, 3.05) is 5.75 Å². The number of benzene rings is 1. The van der Waals surface area contributed by atoms with Crippen LogP contribution in [0.5, 0.6) is 0 Å². The summed E-state index contributed by atoms with van der Waals surface area (Å²) in [7, 11) is 0. The lowest BCUT2D eigenvalue weighted by Gasteiger charge is -2.56. The summed E-state index contributed by atoms with van der Waals surface area (Å²) in [5, 5.41) is 4.55. The number of carbonyl (C=O) groups is 1. The quantitative estimate of drug-likeness (QED) is 0.788. The molecule has 2 aromatic rings. The Bertz CT molecular complexity index is 799. The van der Waals surface area contributed by atoms with E-state index < -0.39 is 0 Å². The van der Waals surface area contributed by atoms with Gasteiger partial charge in [0.25, 0.3) is 5.22 Å². The molecular formula is C19H21ClN2O2S. The van der Waals surface area contributed by atoms with Crippen molar-refractivity contribution < 1.29 is 9.21 Å². The number of amides is 1. The van der Waals surface area contributed by atoms with Gasteiger partial charge in [-0.2, -0.15) is 0 Å². The van der Waals surface area contributed by atoms with Gasteiger partial charge in [-0.05, 0) is 74.5 Å². The van der Waals surface area contributed by atoms with Crippen molar-refractivity contribution >= 4 is 40.4 Å². The fraction of sp³-hybridized carbons (Fsp3) is 0.579. The van der Waals surface area contributed by atoms with Crippen molar-refractivity contribution in [2.45, 2.75) is 49.3 Å². The first-order valence-corrected chi connectivity index (χ1v) is 10.4. The molecule has 0 atom stereocenters. The first-order valence-electron chi connectivity index (χ1n) is 9.07. The summed E-state index contributed by atoms with van der Waals surface area (Å²) >= 11 is 7.33. The topological polar surface area (TPSA) is 55.1 Å². The molecule has 4 nitrogen and oxygen atoms in total. The smallest absolute Gasteiger partial charge is 0.257 e. The third-order valence-corrected chi connectivity index (χ3v) is 7.16. The predicted octanol–water partition coefficient (Wildman–Crippen LogP) is 4.66. The summed E-state index contributed by atoms with van der Waals surface area (Å²) in [6.07, 6.45) is 7.68. The van der Waals surface area contributed by atoms with Crippen molar-refractivity contribution in [1.82, 2.24) is 10.3 Å². The standard InChI is InChI=1S/C19H21ClN2O2S/c20-14-1-2-16-15(6-14)21-18(24-16)25-10-17(23)22-19-7-11-3-12(8-19)5-13(4-11)9-19/h1-2,6,11-13H,3-5,7-10H2,(H,22,23). The normalized spacial score (nSPS) is 33.1. The van der Waals surface area contributed by atoms with Gasteiger partial charge in [0.2, 0.25) is 5.91 Å². The zero-order valence-electron chi connectivity index (χ0n) is 14.0. The Hall–Kier alpha value is -1.20. The van der Waals surface area contributed by atoms with Crippen molar-refractivity contribution in [1.29, 1.82) is 0 Å². The van der Waals surface area contributed by atoms with Gasteiger partial charge in [0.15, 0.2) is 5.58 Å². The van der Waals surface area contributed by atoms with E-state index in [0.717, 1.165) is 23.3 Å². The largest absolute Gasteiger partial charge is 0.431 e. The number of halogens is 1. The molecule has 1 aromatic heterocycles. The van der Waals surface area contributed by atoms with Crippen LogP contribution in [0.15, 0.2) is 27.8 Å². The first kappa shape index (κ1) is 16.0. The van der Waals surface area contributed by atoms with Crippen LogP contribution in [0.4, 0.5) is 0 Å². The van der Waals surface area contributed by atoms with Crippen LogP contribution in [-0.4, -0.2) is 22.2 Å². The molecule has 1 N–H and O–H groups in total. The third kappa shape index (κ3) is 3.06. The Morgan fingerprint density at radius 1 is 1.24 bits per heavy atom. The van der Waals surface area contributed by atoms with Gasteiger partial charge in [0, 0.05) is 10.6 Å². The molecule has 0 saturated heterocycles. The minimum atomic E-state index is 0.0707. The van der Waals surface area contributed by atoms with E-state index in [4.69, 9.17) is 16.0 Å². The molecule has 1 heterocycles. The molecule has 1 amide bonds. The van der Waals surface area contributed by atoms with Gasteiger partial charge in [0.1, 0.15) is 5.52 Å². The van der Waals surface area contributed by atoms with Crippen molar-refractivity contribution in [3.63, 3.8) is 0 Å². The number of hydrogen-bond donors (Lipinski definition) is 1. The van der Waals surface area contributed by atoms with E-state index in [1.54, 1.807) is 12.1 Å². The second-order valence-corrected chi connectivity index (χ2v) is 9.49. The van der Waals surface area contributed by atoms with Gasteiger partial charge in [-0.15, -0.1) is 0 Å². The highest BCUT2D eigenvalue weighted by Crippen LogP contribution is 2.55. The minimum absolute atomic E-state index is 0.0707. The van der Waals surface area contributed by atoms with E-state index >= 15 is 0 Å². The maximum absolute atomic E-state index is 12.5. The summed E-state index contributed by atoms with van der Waals surface area (Å²) in [6, 6.07) is 5.37. The van der Waals surface area contributed by atoms with E-state index in [2.05, 4.69) is 10.3 Å². The average Bonchev–Trinajstić information content (AvgIpc) is 2.93. The van der Waals surface area contributed by atoms with Crippen molar-refractivity contribution in [3.05, 3.63) is 23.2 Å². The van der Waals surface area contributed by atoms with E-state index in [1.807, 2.05) is 6.07 Å². The van der Waals surface area contributed by atoms with Crippen molar-refractivity contribution in [2.24, 2.45) is 17.8 Å². The van der Waals surface area contributed by atoms with Gasteiger partial charge >= 0.3 is 0 Å². The molecule has 0 unspecified atom stereocenters. The summed E-state index contributed by atoms with van der Waals surface area (Å²) in [4.78, 5) is 17.0. The molecule has 0 aliphatic heterocycles. The Kier molecular flexibility index (Phi) is 3.79. The fourth-order valence-electron chi connectivity index (χ4n) is 5.66. The summed E-state index contributed by atoms with van der Waals surface area (Å²) in [5.41, 5.74) is 1.51. The Morgan fingerprint density at radius 2 is 1.92 bits per heavy atom. The van der Waals surface area contributed by atoms with Crippen molar-refractivity contribution in [3.8, 4) is 0 Å². The van der Waals surface area contributed by atoms with Crippen LogP contribution in [-0.2, 0) is 4.79 Å². The summed E-state index contributed by atoms with van der Waals surface area (Å²) < 4.78 is 5.68. The van der Waals surface area contributed by atoms with Crippen LogP contribution >= 0.6 is 23.4 Å². The maximum atomic E-state index is 12.5. The minimum Gasteiger partial charge on any atom is -0.431 e. The highest BCUT2D eigenvalue weighted by molar-refractivity contribution is 7.99. The molecule has 6 rings (SSSR count). The fourth-order valence-corrected chi connectivity index (χ4v) is 6.47. The number of aromatic nitrogens is 1. The SMILES string of the molecule is O=C(CSc1nc2cc(Cl)ccc2o1)NC12CC3CC(CC(C3)C1)C2. The van der Waals surface area contributed by atoms with Crippen LogP contribution in [0, 0.1) is 17.8 Å². The lowest BCUT2D eigenvalue weighted by molar-refractivity contribution is -0.124. The number of carbonyl (C=O) groups excluding carboxylic acids is 1. The number of nitrogens with zero attached hydrogens (tertiary/aromatic N) is 1. The molecule has 6 heteroatoms. The van der Waals surface area contributed by atoms with Crippen LogP contribution in [0.3, 0.4) is 0 Å². The highest BCUT2D eigenvalue weighted by atomic mass is 35.5. The van der Waals surface area contributed by atoms with Crippen LogP contribution in [0.25, 0.3) is 11.1 Å². The molecule has 0 radical (unpaired) electrons. The molecule has 4 fully saturated rings. The monoisotopic (exact) mass is 376 g/mol. The van der Waals surface area contributed by atoms with Gasteiger partial charge in [-0.25, -0.2) is 4.98 Å². The highest BCUT2D eigenvalue weighted by Gasteiger charge is 2.51. The third-order valence-electron chi connectivity index (χ3n) is 6.10. The Morgan fingerprint density at radius 3 is 2.60 bits per heavy atom. The first-order chi connectivity index (χ1) is 12.1. The maximum Gasteiger partial charge on any atom is 0.257 e. The van der Waals surface area contributed by atoms with E-state index in [0.29, 0.717) is 21.6 Å². The number of nitrogens with one attached hydrogen (secondary N) is 1. The second kappa shape index (κ2) is 5.92. The zero-order valence-corrected chi connectivity index (χ0v) is 15.5. The number of thioether (sulfide) groups is 1. The number of fused-ring (bicyclic) bond motifs is 1. The molecule has 4 saturated carbocycles. The van der Waals surface area contributed by atoms with Crippen LogP contribution < -0.4 is 5.32 Å². The van der Waals surface area contributed by atoms with Crippen LogP contribution in [0.1, 0.15) is 38.5 Å². The molecule has 1 aromatic carbocycles. The molecular weight excluding hydrogens is 356 g/mol. The second-order valence-electron chi connectivity index (χ2n) is 8.13.